The summed E-state index contributed by atoms with van der Waals surface area (Å²) in [5.74, 6) is 4.17. The molecule has 9 nitrogen and oxygen atoms in total. The highest BCUT2D eigenvalue weighted by Crippen LogP contribution is 2.38. The Balaban J connectivity index is 1.74. The highest BCUT2D eigenvalue weighted by molar-refractivity contribution is 6.00. The lowest BCUT2D eigenvalue weighted by atomic mass is 10.1. The summed E-state index contributed by atoms with van der Waals surface area (Å²) in [5, 5.41) is 27.6. The molecule has 1 aromatic carbocycles. The molecule has 0 radical (unpaired) electrons. The van der Waals surface area contributed by atoms with Gasteiger partial charge >= 0.3 is 6.18 Å². The molecule has 0 spiro atoms. The Bertz CT molecular complexity index is 1480. The SMILES string of the molecule is Cc1cc(C(F)(F)F)c(C#N)c(N2C[C@@H](O)C[C@H]2C(=O)N(CC#Cc2ccc(N)nn2)c2ccc(F)cc2)n1. The number of nitrogen functional groups attached to an aromatic ring is 1. The van der Waals surface area contributed by atoms with Crippen LogP contribution in [0, 0.1) is 35.9 Å². The minimum Gasteiger partial charge on any atom is -0.391 e. The van der Waals surface area contributed by atoms with E-state index in [1.165, 1.54) is 41.0 Å². The number of hydrogen-bond donors (Lipinski definition) is 2. The molecule has 1 saturated heterocycles. The van der Waals surface area contributed by atoms with Gasteiger partial charge in [0, 0.05) is 24.3 Å². The first-order valence-corrected chi connectivity index (χ1v) is 11.6. The second-order valence-corrected chi connectivity index (χ2v) is 8.72. The summed E-state index contributed by atoms with van der Waals surface area (Å²) in [6.45, 7) is 0.892. The van der Waals surface area contributed by atoms with Gasteiger partial charge in [0.15, 0.2) is 0 Å². The average molecular weight is 539 g/mol. The molecule has 2 aromatic heterocycles. The van der Waals surface area contributed by atoms with Crippen molar-refractivity contribution < 1.29 is 27.5 Å². The van der Waals surface area contributed by atoms with Crippen molar-refractivity contribution in [1.82, 2.24) is 15.2 Å². The lowest BCUT2D eigenvalue weighted by molar-refractivity contribution is -0.137. The monoisotopic (exact) mass is 539 g/mol. The van der Waals surface area contributed by atoms with Crippen LogP contribution in [0.1, 0.15) is 28.9 Å². The first kappa shape index (κ1) is 27.3. The number of hydrogen-bond acceptors (Lipinski definition) is 8. The predicted molar refractivity (Wildman–Crippen MR) is 133 cm³/mol. The number of carbonyl (C=O) groups excluding carboxylic acids is 1. The number of nitriles is 1. The predicted octanol–water partition coefficient (Wildman–Crippen LogP) is 2.82. The summed E-state index contributed by atoms with van der Waals surface area (Å²) in [6, 6.07) is 9.12. The Morgan fingerprint density at radius 2 is 1.95 bits per heavy atom. The molecule has 4 rings (SSSR count). The van der Waals surface area contributed by atoms with Crippen LogP contribution in [-0.2, 0) is 11.0 Å². The van der Waals surface area contributed by atoms with Crippen molar-refractivity contribution >= 4 is 23.2 Å². The highest BCUT2D eigenvalue weighted by atomic mass is 19.4. The summed E-state index contributed by atoms with van der Waals surface area (Å²) in [6.07, 6.45) is -6.07. The van der Waals surface area contributed by atoms with Gasteiger partial charge in [0.2, 0.25) is 0 Å². The highest BCUT2D eigenvalue weighted by Gasteiger charge is 2.43. The Labute approximate surface area is 220 Å². The number of aliphatic hydroxyl groups excluding tert-OH is 1. The molecule has 0 unspecified atom stereocenters. The molecule has 0 bridgehead atoms. The van der Waals surface area contributed by atoms with Crippen molar-refractivity contribution in [2.75, 3.05) is 28.6 Å². The molecule has 3 N–H and O–H groups in total. The molecule has 1 aliphatic rings. The Morgan fingerprint density at radius 1 is 1.23 bits per heavy atom. The van der Waals surface area contributed by atoms with Gasteiger partial charge in [-0.15, -0.1) is 10.2 Å². The van der Waals surface area contributed by atoms with Gasteiger partial charge in [0.25, 0.3) is 5.91 Å². The number of anilines is 3. The van der Waals surface area contributed by atoms with E-state index in [9.17, 15) is 32.7 Å². The number of aryl methyl sites for hydroxylation is 1. The van der Waals surface area contributed by atoms with E-state index in [0.29, 0.717) is 0 Å². The number of aliphatic hydroxyl groups is 1. The molecule has 13 heteroatoms. The number of pyridine rings is 1. The summed E-state index contributed by atoms with van der Waals surface area (Å²) >= 11 is 0. The van der Waals surface area contributed by atoms with Crippen LogP contribution in [0.2, 0.25) is 0 Å². The number of β-amino-alcohol motifs (C(OH)–C–C–N with tert-alkyl or cyclic N) is 1. The van der Waals surface area contributed by atoms with Crippen molar-refractivity contribution in [3.63, 3.8) is 0 Å². The van der Waals surface area contributed by atoms with E-state index in [1.54, 1.807) is 6.07 Å². The number of rotatable bonds is 4. The maximum absolute atomic E-state index is 13.8. The van der Waals surface area contributed by atoms with Crippen molar-refractivity contribution in [1.29, 1.82) is 5.26 Å². The number of alkyl halides is 3. The summed E-state index contributed by atoms with van der Waals surface area (Å²) < 4.78 is 54.8. The summed E-state index contributed by atoms with van der Waals surface area (Å²) in [5.41, 5.74) is 4.09. The maximum atomic E-state index is 13.8. The first-order chi connectivity index (χ1) is 18.5. The van der Waals surface area contributed by atoms with Gasteiger partial charge in [-0.3, -0.25) is 9.69 Å². The second-order valence-electron chi connectivity index (χ2n) is 8.72. The zero-order chi connectivity index (χ0) is 28.3. The number of carbonyl (C=O) groups is 1. The maximum Gasteiger partial charge on any atom is 0.417 e. The van der Waals surface area contributed by atoms with Crippen LogP contribution in [-0.4, -0.2) is 51.4 Å². The normalized spacial score (nSPS) is 16.8. The van der Waals surface area contributed by atoms with Gasteiger partial charge in [-0.05, 0) is 55.3 Å². The van der Waals surface area contributed by atoms with Crippen LogP contribution in [0.5, 0.6) is 0 Å². The zero-order valence-corrected chi connectivity index (χ0v) is 20.4. The molecule has 2 atom stereocenters. The van der Waals surface area contributed by atoms with E-state index in [4.69, 9.17) is 5.73 Å². The number of nitrogens with two attached hydrogens (primary N) is 1. The van der Waals surface area contributed by atoms with Crippen LogP contribution in [0.3, 0.4) is 0 Å². The lowest BCUT2D eigenvalue weighted by Gasteiger charge is -2.31. The van der Waals surface area contributed by atoms with Crippen molar-refractivity contribution in [2.24, 2.45) is 0 Å². The lowest BCUT2D eigenvalue weighted by Crippen LogP contribution is -2.47. The average Bonchev–Trinajstić information content (AvgIpc) is 3.28. The van der Waals surface area contributed by atoms with Crippen LogP contribution >= 0.6 is 0 Å². The summed E-state index contributed by atoms with van der Waals surface area (Å²) in [7, 11) is 0. The van der Waals surface area contributed by atoms with E-state index < -0.39 is 41.2 Å². The zero-order valence-electron chi connectivity index (χ0n) is 20.4. The van der Waals surface area contributed by atoms with E-state index in [0.717, 1.165) is 18.2 Å². The van der Waals surface area contributed by atoms with E-state index in [1.807, 2.05) is 0 Å². The third-order valence-corrected chi connectivity index (χ3v) is 5.92. The number of halogens is 4. The number of nitrogens with zero attached hydrogens (tertiary/aromatic N) is 6. The molecule has 3 aromatic rings. The van der Waals surface area contributed by atoms with Gasteiger partial charge in [-0.25, -0.2) is 9.37 Å². The Morgan fingerprint density at radius 3 is 2.56 bits per heavy atom. The quantitative estimate of drug-likeness (QED) is 0.382. The van der Waals surface area contributed by atoms with Crippen LogP contribution in [0.15, 0.2) is 42.5 Å². The van der Waals surface area contributed by atoms with Crippen LogP contribution < -0.4 is 15.5 Å². The molecule has 1 aliphatic heterocycles. The smallest absolute Gasteiger partial charge is 0.391 e. The fourth-order valence-electron chi connectivity index (χ4n) is 4.20. The molecule has 200 valence electrons. The molecule has 1 amide bonds. The molecule has 0 aliphatic carbocycles. The van der Waals surface area contributed by atoms with Gasteiger partial charge in [-0.2, -0.15) is 18.4 Å². The molecule has 3 heterocycles. The van der Waals surface area contributed by atoms with Gasteiger partial charge in [-0.1, -0.05) is 5.92 Å². The fourth-order valence-corrected chi connectivity index (χ4v) is 4.20. The second kappa shape index (κ2) is 10.9. The molecular weight excluding hydrogens is 518 g/mol. The van der Waals surface area contributed by atoms with E-state index >= 15 is 0 Å². The van der Waals surface area contributed by atoms with Gasteiger partial charge < -0.3 is 15.7 Å². The van der Waals surface area contributed by atoms with Gasteiger partial charge in [0.05, 0.1) is 18.2 Å². The van der Waals surface area contributed by atoms with Crippen molar-refractivity contribution in [3.05, 3.63) is 70.8 Å². The standard InChI is InChI=1S/C26H21F4N7O2/c1-15-11-21(26(28,29)30)20(13-31)24(33-15)37-14-19(38)12-22(37)25(39)36(18-7-4-16(27)5-8-18)10-2-3-17-6-9-23(32)35-34-17/h4-9,11,19,22,38H,10,12,14H2,1H3,(H2,32,35)/t19-,22-/m0/s1. The fraction of sp³-hybridized carbons (Fsp3) is 0.269. The molecule has 39 heavy (non-hydrogen) atoms. The van der Waals surface area contributed by atoms with Gasteiger partial charge in [0.1, 0.15) is 40.8 Å². The van der Waals surface area contributed by atoms with E-state index in [-0.39, 0.29) is 48.2 Å². The summed E-state index contributed by atoms with van der Waals surface area (Å²) in [4.78, 5) is 20.4. The minimum atomic E-state index is -4.84. The first-order valence-electron chi connectivity index (χ1n) is 11.6. The molecule has 0 saturated carbocycles. The van der Waals surface area contributed by atoms with Crippen molar-refractivity contribution in [3.8, 4) is 17.9 Å². The largest absolute Gasteiger partial charge is 0.417 e. The number of benzene rings is 1. The number of amides is 1. The van der Waals surface area contributed by atoms with Crippen LogP contribution in [0.25, 0.3) is 0 Å². The topological polar surface area (TPSA) is 132 Å². The Hall–Kier alpha value is -4.75. The minimum absolute atomic E-state index is 0.0187. The molecular formula is C26H21F4N7O2. The van der Waals surface area contributed by atoms with E-state index in [2.05, 4.69) is 27.0 Å². The Kier molecular flexibility index (Phi) is 7.65. The van der Waals surface area contributed by atoms with Crippen molar-refractivity contribution in [2.45, 2.75) is 31.7 Å². The number of aromatic nitrogens is 3. The third-order valence-electron chi connectivity index (χ3n) is 5.92. The third kappa shape index (κ3) is 6.05. The van der Waals surface area contributed by atoms with Crippen LogP contribution in [0.4, 0.5) is 34.9 Å². The molecule has 1 fully saturated rings.